The van der Waals surface area contributed by atoms with E-state index < -0.39 is 42.7 Å². The molecule has 4 rings (SSSR count). The van der Waals surface area contributed by atoms with Crippen LogP contribution in [0.25, 0.3) is 0 Å². The summed E-state index contributed by atoms with van der Waals surface area (Å²) in [5.74, 6) is 0. The molecule has 0 saturated carbocycles. The summed E-state index contributed by atoms with van der Waals surface area (Å²) in [7, 11) is 1.41. The van der Waals surface area contributed by atoms with Crippen LogP contribution in [0, 0.1) is 0 Å². The Hall–Kier alpha value is -1.78. The van der Waals surface area contributed by atoms with Crippen molar-refractivity contribution >= 4 is 18.2 Å². The summed E-state index contributed by atoms with van der Waals surface area (Å²) in [5, 5.41) is 0. The second-order valence-electron chi connectivity index (χ2n) is 6.80. The summed E-state index contributed by atoms with van der Waals surface area (Å²) in [6, 6.07) is 10.6. The predicted octanol–water partition coefficient (Wildman–Crippen LogP) is 1.86. The zero-order chi connectivity index (χ0) is 21.3. The predicted molar refractivity (Wildman–Crippen MR) is 105 cm³/mol. The number of nitrogens with zero attached hydrogens (tertiary/aromatic N) is 2. The Labute approximate surface area is 176 Å². The number of fused-ring (bicyclic) bond motifs is 1. The third-order valence-electron chi connectivity index (χ3n) is 4.90. The first kappa shape index (κ1) is 21.5. The molecule has 2 aliphatic heterocycles. The fraction of sp³-hybridized carbons (Fsp3) is 0.444. The normalized spacial score (nSPS) is 30.9. The molecule has 1 unspecified atom stereocenters. The van der Waals surface area contributed by atoms with Crippen LogP contribution in [0.5, 0.6) is 0 Å². The standard InChI is InChI=1S/C18H20ClN2O8P/c1-25-16-15-13(10-27-30(19,24)29-15)28-17(16)20-8-7-14(22)21(18(20)23)11-26-9-12-5-3-2-4-6-12/h2-8,13,15-17H,9-11H2,1H3/t13-,15-,16-,17-,30?/m1/s1. The van der Waals surface area contributed by atoms with Crippen molar-refractivity contribution in [3.63, 3.8) is 0 Å². The van der Waals surface area contributed by atoms with Crippen molar-refractivity contribution in [3.05, 3.63) is 69.0 Å². The molecule has 30 heavy (non-hydrogen) atoms. The van der Waals surface area contributed by atoms with E-state index in [2.05, 4.69) is 0 Å². The summed E-state index contributed by atoms with van der Waals surface area (Å²) in [5.41, 5.74) is -0.248. The smallest absolute Gasteiger partial charge is 0.374 e. The molecular formula is C18H20ClN2O8P. The molecule has 2 saturated heterocycles. The minimum Gasteiger partial charge on any atom is -0.374 e. The van der Waals surface area contributed by atoms with Crippen molar-refractivity contribution < 1.29 is 27.8 Å². The number of rotatable bonds is 6. The molecule has 3 heterocycles. The van der Waals surface area contributed by atoms with Gasteiger partial charge in [-0.25, -0.2) is 13.9 Å². The van der Waals surface area contributed by atoms with E-state index in [0.29, 0.717) is 0 Å². The molecule has 0 radical (unpaired) electrons. The van der Waals surface area contributed by atoms with E-state index in [1.807, 2.05) is 30.3 Å². The van der Waals surface area contributed by atoms with Crippen molar-refractivity contribution in [1.82, 2.24) is 9.13 Å². The maximum atomic E-state index is 13.0. The van der Waals surface area contributed by atoms with Gasteiger partial charge in [-0.1, -0.05) is 30.3 Å². The first-order valence-corrected chi connectivity index (χ1v) is 11.6. The van der Waals surface area contributed by atoms with Crippen LogP contribution in [0.1, 0.15) is 11.8 Å². The van der Waals surface area contributed by atoms with Crippen molar-refractivity contribution in [2.75, 3.05) is 13.7 Å². The zero-order valence-corrected chi connectivity index (χ0v) is 17.6. The molecule has 162 valence electrons. The zero-order valence-electron chi connectivity index (χ0n) is 16.0. The Morgan fingerprint density at radius 3 is 2.73 bits per heavy atom. The van der Waals surface area contributed by atoms with Crippen molar-refractivity contribution in [2.24, 2.45) is 0 Å². The number of ether oxygens (including phenoxy) is 3. The summed E-state index contributed by atoms with van der Waals surface area (Å²) >= 11 is 5.71. The highest BCUT2D eigenvalue weighted by atomic mass is 35.7. The molecule has 0 aliphatic carbocycles. The largest absolute Gasteiger partial charge is 0.424 e. The van der Waals surface area contributed by atoms with E-state index in [1.54, 1.807) is 0 Å². The monoisotopic (exact) mass is 458 g/mol. The molecule has 0 spiro atoms. The third-order valence-corrected chi connectivity index (χ3v) is 6.38. The van der Waals surface area contributed by atoms with E-state index in [-0.39, 0.29) is 19.9 Å². The number of hydrogen-bond donors (Lipinski definition) is 0. The van der Waals surface area contributed by atoms with Crippen molar-refractivity contribution in [3.8, 4) is 0 Å². The van der Waals surface area contributed by atoms with Crippen LogP contribution in [0.2, 0.25) is 0 Å². The van der Waals surface area contributed by atoms with Gasteiger partial charge in [0.05, 0.1) is 13.2 Å². The van der Waals surface area contributed by atoms with Crippen LogP contribution in [0.15, 0.2) is 52.2 Å². The number of aromatic nitrogens is 2. The topological polar surface area (TPSA) is 107 Å². The van der Waals surface area contributed by atoms with Gasteiger partial charge in [0, 0.05) is 30.6 Å². The Morgan fingerprint density at radius 1 is 1.23 bits per heavy atom. The molecule has 1 aromatic carbocycles. The minimum absolute atomic E-state index is 0.0730. The lowest BCUT2D eigenvalue weighted by molar-refractivity contribution is -0.0641. The average Bonchev–Trinajstić information content (AvgIpc) is 3.07. The number of benzene rings is 1. The van der Waals surface area contributed by atoms with Gasteiger partial charge in [-0.2, -0.15) is 0 Å². The summed E-state index contributed by atoms with van der Waals surface area (Å²) in [4.78, 5) is 25.2. The molecule has 2 aromatic rings. The molecule has 10 nitrogen and oxygen atoms in total. The fourth-order valence-corrected chi connectivity index (χ4v) is 4.83. The summed E-state index contributed by atoms with van der Waals surface area (Å²) in [6.07, 6.45) is -1.84. The molecule has 12 heteroatoms. The Balaban J connectivity index is 1.56. The molecule has 5 atom stereocenters. The lowest BCUT2D eigenvalue weighted by Gasteiger charge is -2.29. The van der Waals surface area contributed by atoms with Crippen LogP contribution in [-0.4, -0.2) is 41.2 Å². The summed E-state index contributed by atoms with van der Waals surface area (Å²) < 4.78 is 41.2. The van der Waals surface area contributed by atoms with Gasteiger partial charge in [0.1, 0.15) is 25.0 Å². The molecule has 1 aromatic heterocycles. The van der Waals surface area contributed by atoms with E-state index in [4.69, 9.17) is 34.5 Å². The molecular weight excluding hydrogens is 439 g/mol. The average molecular weight is 459 g/mol. The van der Waals surface area contributed by atoms with Gasteiger partial charge in [-0.3, -0.25) is 18.4 Å². The van der Waals surface area contributed by atoms with Crippen LogP contribution >= 0.6 is 18.2 Å². The number of hydrogen-bond acceptors (Lipinski definition) is 8. The highest BCUT2D eigenvalue weighted by Crippen LogP contribution is 2.59. The van der Waals surface area contributed by atoms with Gasteiger partial charge < -0.3 is 14.2 Å². The van der Waals surface area contributed by atoms with Crippen molar-refractivity contribution in [1.29, 1.82) is 0 Å². The van der Waals surface area contributed by atoms with Gasteiger partial charge in [0.25, 0.3) is 5.56 Å². The first-order valence-electron chi connectivity index (χ1n) is 9.14. The van der Waals surface area contributed by atoms with Gasteiger partial charge in [-0.05, 0) is 5.56 Å². The number of methoxy groups -OCH3 is 1. The molecule has 0 N–H and O–H groups in total. The molecule has 2 aliphatic rings. The molecule has 0 amide bonds. The number of halogens is 1. The maximum Gasteiger partial charge on any atom is 0.424 e. The molecule has 0 bridgehead atoms. The van der Waals surface area contributed by atoms with E-state index in [9.17, 15) is 14.2 Å². The Morgan fingerprint density at radius 2 is 2.00 bits per heavy atom. The van der Waals surface area contributed by atoms with E-state index >= 15 is 0 Å². The summed E-state index contributed by atoms with van der Waals surface area (Å²) in [6.45, 7) is -3.82. The second kappa shape index (κ2) is 8.76. The third kappa shape index (κ3) is 4.31. The van der Waals surface area contributed by atoms with E-state index in [1.165, 1.54) is 23.9 Å². The highest BCUT2D eigenvalue weighted by molar-refractivity contribution is 7.81. The van der Waals surface area contributed by atoms with Crippen molar-refractivity contribution in [2.45, 2.75) is 37.9 Å². The van der Waals surface area contributed by atoms with Gasteiger partial charge in [-0.15, -0.1) is 0 Å². The van der Waals surface area contributed by atoms with Crippen LogP contribution in [-0.2, 0) is 41.2 Å². The minimum atomic E-state index is -3.75. The first-order chi connectivity index (χ1) is 14.4. The Kier molecular flexibility index (Phi) is 6.26. The quantitative estimate of drug-likeness (QED) is 0.604. The maximum absolute atomic E-state index is 13.0. The van der Waals surface area contributed by atoms with Gasteiger partial charge in [0.2, 0.25) is 0 Å². The van der Waals surface area contributed by atoms with Crippen LogP contribution in [0.3, 0.4) is 0 Å². The van der Waals surface area contributed by atoms with Gasteiger partial charge >= 0.3 is 12.6 Å². The molecule has 2 fully saturated rings. The lowest BCUT2D eigenvalue weighted by atomic mass is 10.1. The second-order valence-corrected chi connectivity index (χ2v) is 9.37. The van der Waals surface area contributed by atoms with Crippen LogP contribution in [0.4, 0.5) is 0 Å². The fourth-order valence-electron chi connectivity index (χ4n) is 3.46. The van der Waals surface area contributed by atoms with Crippen LogP contribution < -0.4 is 11.2 Å². The lowest BCUT2D eigenvalue weighted by Crippen LogP contribution is -2.44. The SMILES string of the molecule is CO[C@@H]1[C@@H]2OP(=O)(Cl)OC[C@H]2O[C@H]1n1ccc(=O)n(COCc2ccccc2)c1=O. The van der Waals surface area contributed by atoms with Gasteiger partial charge in [0.15, 0.2) is 6.23 Å². The highest BCUT2D eigenvalue weighted by Gasteiger charge is 2.53. The van der Waals surface area contributed by atoms with E-state index in [0.717, 1.165) is 10.1 Å². The Bertz CT molecular complexity index is 1060.